The highest BCUT2D eigenvalue weighted by Gasteiger charge is 2.28. The fraction of sp³-hybridized carbons (Fsp3) is 0.462. The smallest absolute Gasteiger partial charge is 0.254 e. The summed E-state index contributed by atoms with van der Waals surface area (Å²) in [6, 6.07) is 1.02. The number of carbonyl (C=O) groups is 1. The van der Waals surface area contributed by atoms with E-state index in [1.165, 1.54) is 4.90 Å². The first-order chi connectivity index (χ1) is 9.04. The number of piperidine rings is 1. The van der Waals surface area contributed by atoms with Gasteiger partial charge in [-0.15, -0.1) is 0 Å². The molecule has 0 aromatic heterocycles. The van der Waals surface area contributed by atoms with E-state index in [-0.39, 0.29) is 18.2 Å². The molecule has 0 aliphatic carbocycles. The van der Waals surface area contributed by atoms with Crippen LogP contribution in [0.25, 0.3) is 0 Å². The number of aliphatic hydroxyl groups is 1. The molecule has 1 aliphatic rings. The Balaban J connectivity index is 2.28. The van der Waals surface area contributed by atoms with Gasteiger partial charge in [-0.2, -0.15) is 0 Å². The number of benzene rings is 1. The van der Waals surface area contributed by atoms with Crippen LogP contribution in [0.4, 0.5) is 13.2 Å². The van der Waals surface area contributed by atoms with Gasteiger partial charge in [0.15, 0.2) is 17.5 Å². The zero-order chi connectivity index (χ0) is 14.0. The molecule has 1 unspecified atom stereocenters. The second-order valence-electron chi connectivity index (χ2n) is 4.58. The molecule has 1 aromatic carbocycles. The van der Waals surface area contributed by atoms with Crippen LogP contribution >= 0.6 is 0 Å². The summed E-state index contributed by atoms with van der Waals surface area (Å²) in [6.45, 7) is 0.225. The molecule has 2 rings (SSSR count). The number of likely N-dealkylation sites (tertiary alicyclic amines) is 1. The lowest BCUT2D eigenvalue weighted by Gasteiger charge is -2.34. The molecule has 1 fully saturated rings. The lowest BCUT2D eigenvalue weighted by molar-refractivity contribution is 0.0502. The van der Waals surface area contributed by atoms with Gasteiger partial charge in [0.25, 0.3) is 5.91 Å². The van der Waals surface area contributed by atoms with E-state index in [0.717, 1.165) is 12.8 Å². The first kappa shape index (κ1) is 13.9. The fourth-order valence-electron chi connectivity index (χ4n) is 2.30. The van der Waals surface area contributed by atoms with Crippen molar-refractivity contribution in [1.82, 2.24) is 4.90 Å². The maximum atomic E-state index is 13.1. The Bertz CT molecular complexity index is 470. The second-order valence-corrected chi connectivity index (χ2v) is 4.58. The number of rotatable bonds is 2. The second kappa shape index (κ2) is 5.61. The lowest BCUT2D eigenvalue weighted by Crippen LogP contribution is -2.45. The summed E-state index contributed by atoms with van der Waals surface area (Å²) >= 11 is 0. The molecule has 6 heteroatoms. The van der Waals surface area contributed by atoms with Gasteiger partial charge in [-0.05, 0) is 31.4 Å². The lowest BCUT2D eigenvalue weighted by atomic mass is 10.0. The third-order valence-electron chi connectivity index (χ3n) is 3.33. The highest BCUT2D eigenvalue weighted by molar-refractivity contribution is 5.94. The Kier molecular flexibility index (Phi) is 4.09. The van der Waals surface area contributed by atoms with Crippen molar-refractivity contribution < 1.29 is 23.1 Å². The maximum Gasteiger partial charge on any atom is 0.254 e. The largest absolute Gasteiger partial charge is 0.394 e. The van der Waals surface area contributed by atoms with Gasteiger partial charge in [-0.25, -0.2) is 13.2 Å². The highest BCUT2D eigenvalue weighted by atomic mass is 19.2. The van der Waals surface area contributed by atoms with Gasteiger partial charge in [0.1, 0.15) is 0 Å². The van der Waals surface area contributed by atoms with E-state index in [0.29, 0.717) is 25.1 Å². The van der Waals surface area contributed by atoms with Gasteiger partial charge < -0.3 is 10.0 Å². The van der Waals surface area contributed by atoms with Crippen molar-refractivity contribution in [3.8, 4) is 0 Å². The van der Waals surface area contributed by atoms with Gasteiger partial charge >= 0.3 is 0 Å². The zero-order valence-electron chi connectivity index (χ0n) is 10.2. The van der Waals surface area contributed by atoms with Crippen molar-refractivity contribution in [2.75, 3.05) is 13.2 Å². The summed E-state index contributed by atoms with van der Waals surface area (Å²) in [6.07, 6.45) is 2.31. The molecule has 1 N–H and O–H groups in total. The molecule has 1 amide bonds. The highest BCUT2D eigenvalue weighted by Crippen LogP contribution is 2.21. The summed E-state index contributed by atoms with van der Waals surface area (Å²) in [5.74, 6) is -4.95. The minimum absolute atomic E-state index is 0.197. The Morgan fingerprint density at radius 2 is 1.89 bits per heavy atom. The van der Waals surface area contributed by atoms with Gasteiger partial charge in [0.2, 0.25) is 0 Å². The summed E-state index contributed by atoms with van der Waals surface area (Å²) in [4.78, 5) is 13.5. The summed E-state index contributed by atoms with van der Waals surface area (Å²) in [5.41, 5.74) is -0.239. The molecule has 0 saturated carbocycles. The van der Waals surface area contributed by atoms with Crippen molar-refractivity contribution in [1.29, 1.82) is 0 Å². The average molecular weight is 273 g/mol. The summed E-state index contributed by atoms with van der Waals surface area (Å²) in [5, 5.41) is 9.21. The average Bonchev–Trinajstić information content (AvgIpc) is 2.43. The van der Waals surface area contributed by atoms with Crippen molar-refractivity contribution in [3.05, 3.63) is 35.1 Å². The third-order valence-corrected chi connectivity index (χ3v) is 3.33. The molecule has 0 spiro atoms. The quantitative estimate of drug-likeness (QED) is 0.838. The molecule has 104 valence electrons. The number of nitrogens with zero attached hydrogens (tertiary/aromatic N) is 1. The molecular formula is C13H14F3NO2. The molecule has 19 heavy (non-hydrogen) atoms. The number of aliphatic hydroxyl groups excluding tert-OH is 1. The van der Waals surface area contributed by atoms with Crippen LogP contribution in [0.3, 0.4) is 0 Å². The van der Waals surface area contributed by atoms with Crippen LogP contribution in [0.1, 0.15) is 29.6 Å². The van der Waals surface area contributed by atoms with Crippen molar-refractivity contribution >= 4 is 5.91 Å². The molecule has 0 radical (unpaired) electrons. The zero-order valence-corrected chi connectivity index (χ0v) is 10.2. The van der Waals surface area contributed by atoms with E-state index >= 15 is 0 Å². The number of amides is 1. The Labute approximate surface area is 108 Å². The molecule has 1 aliphatic heterocycles. The topological polar surface area (TPSA) is 40.5 Å². The minimum Gasteiger partial charge on any atom is -0.394 e. The number of hydrogen-bond donors (Lipinski definition) is 1. The summed E-state index contributed by atoms with van der Waals surface area (Å²) in [7, 11) is 0. The van der Waals surface area contributed by atoms with E-state index < -0.39 is 23.4 Å². The van der Waals surface area contributed by atoms with Gasteiger partial charge in [-0.3, -0.25) is 4.79 Å². The van der Waals surface area contributed by atoms with Crippen LogP contribution in [0.2, 0.25) is 0 Å². The molecule has 1 aromatic rings. The van der Waals surface area contributed by atoms with Gasteiger partial charge in [0, 0.05) is 12.1 Å². The van der Waals surface area contributed by atoms with Gasteiger partial charge in [-0.1, -0.05) is 0 Å². The van der Waals surface area contributed by atoms with Crippen LogP contribution in [0.15, 0.2) is 12.1 Å². The standard InChI is InChI=1S/C13H14F3NO2/c14-10-5-8(6-11(15)12(10)16)13(19)17-4-2-1-3-9(17)7-18/h5-6,9,18H,1-4,7H2. The molecule has 3 nitrogen and oxygen atoms in total. The van der Waals surface area contributed by atoms with E-state index in [2.05, 4.69) is 0 Å². The monoisotopic (exact) mass is 273 g/mol. The normalized spacial score (nSPS) is 19.6. The third kappa shape index (κ3) is 2.73. The van der Waals surface area contributed by atoms with Crippen molar-refractivity contribution in [2.45, 2.75) is 25.3 Å². The van der Waals surface area contributed by atoms with Crippen LogP contribution in [-0.2, 0) is 0 Å². The SMILES string of the molecule is O=C(c1cc(F)c(F)c(F)c1)N1CCCCC1CO. The molecule has 1 heterocycles. The summed E-state index contributed by atoms with van der Waals surface area (Å²) < 4.78 is 39.1. The van der Waals surface area contributed by atoms with E-state index in [4.69, 9.17) is 0 Å². The molecule has 1 saturated heterocycles. The van der Waals surface area contributed by atoms with Crippen LogP contribution in [-0.4, -0.2) is 35.1 Å². The van der Waals surface area contributed by atoms with Crippen LogP contribution in [0, 0.1) is 17.5 Å². The maximum absolute atomic E-state index is 13.1. The van der Waals surface area contributed by atoms with Gasteiger partial charge in [0.05, 0.1) is 12.6 Å². The predicted octanol–water partition coefficient (Wildman–Crippen LogP) is 2.09. The first-order valence-corrected chi connectivity index (χ1v) is 6.11. The first-order valence-electron chi connectivity index (χ1n) is 6.11. The Morgan fingerprint density at radius 1 is 1.26 bits per heavy atom. The van der Waals surface area contributed by atoms with Crippen LogP contribution in [0.5, 0.6) is 0 Å². The molecular weight excluding hydrogens is 259 g/mol. The molecule has 0 bridgehead atoms. The van der Waals surface area contributed by atoms with Crippen molar-refractivity contribution in [2.24, 2.45) is 0 Å². The van der Waals surface area contributed by atoms with Crippen LogP contribution < -0.4 is 0 Å². The minimum atomic E-state index is -1.59. The molecule has 1 atom stereocenters. The fourth-order valence-corrected chi connectivity index (χ4v) is 2.30. The predicted molar refractivity (Wildman–Crippen MR) is 62.1 cm³/mol. The van der Waals surface area contributed by atoms with E-state index in [1.807, 2.05) is 0 Å². The Hall–Kier alpha value is -1.56. The number of hydrogen-bond acceptors (Lipinski definition) is 2. The number of halogens is 3. The van der Waals surface area contributed by atoms with E-state index in [1.54, 1.807) is 0 Å². The van der Waals surface area contributed by atoms with Crippen molar-refractivity contribution in [3.63, 3.8) is 0 Å². The Morgan fingerprint density at radius 3 is 2.47 bits per heavy atom. The number of carbonyl (C=O) groups excluding carboxylic acids is 1. The van der Waals surface area contributed by atoms with E-state index in [9.17, 15) is 23.1 Å².